The maximum atomic E-state index is 12.0. The summed E-state index contributed by atoms with van der Waals surface area (Å²) in [5, 5.41) is 0.0925. The summed E-state index contributed by atoms with van der Waals surface area (Å²) in [5.41, 5.74) is 0. The molecule has 0 rings (SSSR count). The Bertz CT molecular complexity index is 107. The normalized spacial score (nSPS) is 14.2. The van der Waals surface area contributed by atoms with Gasteiger partial charge in [-0.15, -0.1) is 0 Å². The molecule has 0 radical (unpaired) electrons. The average molecular weight is 214 g/mol. The zero-order chi connectivity index (χ0) is 9.56. The summed E-state index contributed by atoms with van der Waals surface area (Å²) in [4.78, 5) is 0. The summed E-state index contributed by atoms with van der Waals surface area (Å²) >= 11 is 0. The minimum absolute atomic E-state index is 0.0231. The lowest BCUT2D eigenvalue weighted by atomic mass is 10.1. The zero-order valence-electron chi connectivity index (χ0n) is 7.72. The van der Waals surface area contributed by atoms with Gasteiger partial charge in [0.15, 0.2) is 0 Å². The third-order valence-corrected chi connectivity index (χ3v) is 4.68. The molecule has 0 aliphatic carbocycles. The fourth-order valence-corrected chi connectivity index (χ4v) is 3.35. The van der Waals surface area contributed by atoms with Crippen molar-refractivity contribution in [3.63, 3.8) is 0 Å². The van der Waals surface area contributed by atoms with Gasteiger partial charge < -0.3 is 0 Å². The van der Waals surface area contributed by atoms with Crippen LogP contribution in [-0.2, 0) is 0 Å². The lowest BCUT2D eigenvalue weighted by Gasteiger charge is -2.18. The van der Waals surface area contributed by atoms with Crippen LogP contribution in [0.1, 0.15) is 27.2 Å². The lowest BCUT2D eigenvalue weighted by Crippen LogP contribution is -2.14. The summed E-state index contributed by atoms with van der Waals surface area (Å²) < 4.78 is 24.1. The van der Waals surface area contributed by atoms with Crippen molar-refractivity contribution < 1.29 is 8.78 Å². The molecule has 12 heavy (non-hydrogen) atoms. The van der Waals surface area contributed by atoms with Gasteiger partial charge in [0.1, 0.15) is 0 Å². The third kappa shape index (κ3) is 6.12. The molecule has 0 nitrogen and oxygen atoms in total. The van der Waals surface area contributed by atoms with Crippen LogP contribution in [0, 0.1) is 5.92 Å². The van der Waals surface area contributed by atoms with Crippen LogP contribution in [0.3, 0.4) is 0 Å². The molecule has 0 amide bonds. The molecule has 0 fully saturated rings. The molecular weight excluding hydrogens is 198 g/mol. The van der Waals surface area contributed by atoms with E-state index >= 15 is 0 Å². The molecule has 0 saturated carbocycles. The van der Waals surface area contributed by atoms with Gasteiger partial charge in [0.2, 0.25) is 6.43 Å². The van der Waals surface area contributed by atoms with E-state index in [2.05, 4.69) is 0 Å². The summed E-state index contributed by atoms with van der Waals surface area (Å²) in [6, 6.07) is 0. The highest BCUT2D eigenvalue weighted by molar-refractivity contribution is 8.76. The van der Waals surface area contributed by atoms with E-state index in [1.165, 1.54) is 0 Å². The molecule has 0 N–H and O–H groups in total. The molecule has 0 aliphatic heterocycles. The summed E-state index contributed by atoms with van der Waals surface area (Å²) in [6.07, 6.45) is -2.14. The Hall–Kier alpha value is 0.560. The minimum Gasteiger partial charge on any atom is -0.210 e. The van der Waals surface area contributed by atoms with Crippen LogP contribution in [0.2, 0.25) is 0 Å². The molecule has 0 aromatic carbocycles. The lowest BCUT2D eigenvalue weighted by molar-refractivity contribution is 0.132. The first kappa shape index (κ1) is 12.6. The number of halogens is 2. The molecule has 0 unspecified atom stereocenters. The topological polar surface area (TPSA) is 0 Å². The van der Waals surface area contributed by atoms with Crippen LogP contribution < -0.4 is 0 Å². The number of alkyl halides is 2. The molecule has 1 atom stereocenters. The van der Waals surface area contributed by atoms with Crippen molar-refractivity contribution in [2.45, 2.75) is 38.9 Å². The fourth-order valence-electron chi connectivity index (χ4n) is 0.754. The van der Waals surface area contributed by atoms with Crippen molar-refractivity contribution in [1.82, 2.24) is 0 Å². The molecule has 4 heteroatoms. The molecule has 0 heterocycles. The van der Waals surface area contributed by atoms with E-state index in [1.54, 1.807) is 21.6 Å². The number of rotatable bonds is 6. The van der Waals surface area contributed by atoms with E-state index in [9.17, 15) is 8.78 Å². The van der Waals surface area contributed by atoms with Gasteiger partial charge in [-0.2, -0.15) is 0 Å². The predicted octanol–water partition coefficient (Wildman–Crippen LogP) is 4.07. The van der Waals surface area contributed by atoms with Crippen LogP contribution in [0.5, 0.6) is 0 Å². The molecule has 0 aromatic rings. The van der Waals surface area contributed by atoms with Gasteiger partial charge >= 0.3 is 0 Å². The van der Waals surface area contributed by atoms with E-state index < -0.39 is 6.43 Å². The Balaban J connectivity index is 3.70. The van der Waals surface area contributed by atoms with Crippen molar-refractivity contribution in [3.8, 4) is 0 Å². The van der Waals surface area contributed by atoms with Gasteiger partial charge in [-0.05, 0) is 5.92 Å². The molecule has 0 saturated heterocycles. The molecule has 0 bridgehead atoms. The first-order valence-electron chi connectivity index (χ1n) is 4.14. The van der Waals surface area contributed by atoms with Gasteiger partial charge in [-0.1, -0.05) is 42.4 Å². The maximum Gasteiger partial charge on any atom is 0.239 e. The van der Waals surface area contributed by atoms with Crippen LogP contribution in [0.25, 0.3) is 0 Å². The average Bonchev–Trinajstić information content (AvgIpc) is 1.96. The van der Waals surface area contributed by atoms with Gasteiger partial charge in [0, 0.05) is 17.4 Å². The number of hydrogen-bond acceptors (Lipinski definition) is 2. The fraction of sp³-hybridized carbons (Fsp3) is 1.00. The van der Waals surface area contributed by atoms with Crippen molar-refractivity contribution in [1.29, 1.82) is 0 Å². The van der Waals surface area contributed by atoms with Crippen LogP contribution in [0.15, 0.2) is 0 Å². The molecule has 74 valence electrons. The highest BCUT2D eigenvalue weighted by Gasteiger charge is 2.18. The highest BCUT2D eigenvalue weighted by Crippen LogP contribution is 2.34. The second-order valence-corrected chi connectivity index (χ2v) is 5.81. The van der Waals surface area contributed by atoms with Gasteiger partial charge in [-0.25, -0.2) is 8.78 Å². The third-order valence-electron chi connectivity index (χ3n) is 1.46. The summed E-state index contributed by atoms with van der Waals surface area (Å²) in [5.74, 6) is 1.32. The van der Waals surface area contributed by atoms with Crippen molar-refractivity contribution in [2.75, 3.05) is 5.75 Å². The predicted molar refractivity (Wildman–Crippen MR) is 55.0 cm³/mol. The molecule has 0 aromatic heterocycles. The van der Waals surface area contributed by atoms with Crippen LogP contribution in [-0.4, -0.2) is 17.4 Å². The Labute approximate surface area is 81.3 Å². The van der Waals surface area contributed by atoms with E-state index in [0.29, 0.717) is 5.92 Å². The Kier molecular flexibility index (Phi) is 7.34. The Morgan fingerprint density at radius 1 is 1.25 bits per heavy atom. The SMILES string of the molecule is CCSS[C@H](CC(F)F)C(C)C. The van der Waals surface area contributed by atoms with Crippen molar-refractivity contribution in [3.05, 3.63) is 0 Å². The van der Waals surface area contributed by atoms with Gasteiger partial charge in [0.25, 0.3) is 0 Å². The van der Waals surface area contributed by atoms with Crippen LogP contribution in [0.4, 0.5) is 8.78 Å². The highest BCUT2D eigenvalue weighted by atomic mass is 33.1. The van der Waals surface area contributed by atoms with Gasteiger partial charge in [0.05, 0.1) is 0 Å². The van der Waals surface area contributed by atoms with E-state index in [4.69, 9.17) is 0 Å². The second-order valence-electron chi connectivity index (χ2n) is 2.91. The molecule has 0 aliphatic rings. The van der Waals surface area contributed by atoms with E-state index in [0.717, 1.165) is 5.75 Å². The first-order chi connectivity index (χ1) is 5.57. The Morgan fingerprint density at radius 2 is 1.83 bits per heavy atom. The quantitative estimate of drug-likeness (QED) is 0.611. The summed E-state index contributed by atoms with van der Waals surface area (Å²) in [7, 11) is 3.26. The van der Waals surface area contributed by atoms with Gasteiger partial charge in [-0.3, -0.25) is 0 Å². The first-order valence-corrected chi connectivity index (χ1v) is 6.52. The monoisotopic (exact) mass is 214 g/mol. The van der Waals surface area contributed by atoms with E-state index in [-0.39, 0.29) is 11.7 Å². The smallest absolute Gasteiger partial charge is 0.210 e. The standard InChI is InChI=1S/C8H16F2S2/c1-4-11-12-7(6(2)3)5-8(9)10/h6-8H,4-5H2,1-3H3/t7-/m1/s1. The minimum atomic E-state index is -2.16. The maximum absolute atomic E-state index is 12.0. The van der Waals surface area contributed by atoms with E-state index in [1.807, 2.05) is 20.8 Å². The second kappa shape index (κ2) is 7.01. The van der Waals surface area contributed by atoms with Crippen molar-refractivity contribution in [2.24, 2.45) is 5.92 Å². The van der Waals surface area contributed by atoms with Crippen molar-refractivity contribution >= 4 is 21.6 Å². The number of hydrogen-bond donors (Lipinski definition) is 0. The molecule has 0 spiro atoms. The largest absolute Gasteiger partial charge is 0.239 e. The Morgan fingerprint density at radius 3 is 2.17 bits per heavy atom. The summed E-state index contributed by atoms with van der Waals surface area (Å²) in [6.45, 7) is 6.03. The zero-order valence-corrected chi connectivity index (χ0v) is 9.35. The van der Waals surface area contributed by atoms with Crippen LogP contribution >= 0.6 is 21.6 Å². The molecular formula is C8H16F2S2.